The van der Waals surface area contributed by atoms with E-state index in [2.05, 4.69) is 15.6 Å². The van der Waals surface area contributed by atoms with Gasteiger partial charge < -0.3 is 15.7 Å². The highest BCUT2D eigenvalue weighted by molar-refractivity contribution is 6.30. The predicted molar refractivity (Wildman–Crippen MR) is 65.8 cm³/mol. The molecule has 2 amide bonds. The number of rotatable bonds is 5. The number of amides is 2. The van der Waals surface area contributed by atoms with Gasteiger partial charge in [0, 0.05) is 12.7 Å². The Labute approximate surface area is 105 Å². The van der Waals surface area contributed by atoms with E-state index < -0.39 is 6.10 Å². The van der Waals surface area contributed by atoms with E-state index in [0.717, 1.165) is 5.69 Å². The Morgan fingerprint density at radius 1 is 1.53 bits per heavy atom. The number of nitrogens with zero attached hydrogens (tertiary/aromatic N) is 1. The van der Waals surface area contributed by atoms with Crippen molar-refractivity contribution in [2.45, 2.75) is 26.0 Å². The van der Waals surface area contributed by atoms with Crippen molar-refractivity contribution >= 4 is 17.6 Å². The molecule has 1 unspecified atom stereocenters. The predicted octanol–water partition coefficient (Wildman–Crippen LogP) is 1.31. The number of hydrogen-bond acceptors (Lipinski definition) is 3. The molecule has 6 heteroatoms. The second-order valence-electron chi connectivity index (χ2n) is 3.71. The Morgan fingerprint density at radius 2 is 2.29 bits per heavy atom. The lowest BCUT2D eigenvalue weighted by atomic mass is 10.3. The van der Waals surface area contributed by atoms with E-state index >= 15 is 0 Å². The summed E-state index contributed by atoms with van der Waals surface area (Å²) in [4.78, 5) is 15.4. The number of pyridine rings is 1. The summed E-state index contributed by atoms with van der Waals surface area (Å²) in [5.74, 6) is 0. The molecule has 1 rings (SSSR count). The van der Waals surface area contributed by atoms with Crippen LogP contribution in [0.5, 0.6) is 0 Å². The highest BCUT2D eigenvalue weighted by atomic mass is 35.5. The molecule has 94 valence electrons. The van der Waals surface area contributed by atoms with Crippen molar-refractivity contribution in [2.75, 3.05) is 6.54 Å². The molecule has 1 atom stereocenters. The molecule has 1 heterocycles. The number of hydrogen-bond donors (Lipinski definition) is 3. The minimum Gasteiger partial charge on any atom is -0.393 e. The topological polar surface area (TPSA) is 74.2 Å². The third kappa shape index (κ3) is 6.09. The SMILES string of the molecule is CC(O)CCNC(=O)NCc1ccc(Cl)cn1. The van der Waals surface area contributed by atoms with E-state index in [-0.39, 0.29) is 6.03 Å². The van der Waals surface area contributed by atoms with Crippen LogP contribution in [0, 0.1) is 0 Å². The zero-order valence-electron chi connectivity index (χ0n) is 9.61. The Morgan fingerprint density at radius 3 is 2.88 bits per heavy atom. The number of urea groups is 1. The van der Waals surface area contributed by atoms with Crippen LogP contribution >= 0.6 is 11.6 Å². The zero-order valence-corrected chi connectivity index (χ0v) is 10.4. The summed E-state index contributed by atoms with van der Waals surface area (Å²) in [7, 11) is 0. The Balaban J connectivity index is 2.21. The number of carbonyl (C=O) groups excluding carboxylic acids is 1. The number of aliphatic hydroxyl groups is 1. The number of aromatic nitrogens is 1. The van der Waals surface area contributed by atoms with Crippen LogP contribution in [-0.2, 0) is 6.54 Å². The monoisotopic (exact) mass is 257 g/mol. The van der Waals surface area contributed by atoms with Gasteiger partial charge in [0.05, 0.1) is 23.4 Å². The zero-order chi connectivity index (χ0) is 12.7. The Bertz CT molecular complexity index is 354. The van der Waals surface area contributed by atoms with Gasteiger partial charge in [-0.1, -0.05) is 11.6 Å². The first kappa shape index (κ1) is 13.7. The van der Waals surface area contributed by atoms with E-state index in [1.54, 1.807) is 19.1 Å². The van der Waals surface area contributed by atoms with Crippen molar-refractivity contribution in [3.05, 3.63) is 29.0 Å². The first-order valence-electron chi connectivity index (χ1n) is 5.38. The molecule has 5 nitrogen and oxygen atoms in total. The standard InChI is InChI=1S/C11H16ClN3O2/c1-8(16)4-5-13-11(17)15-7-10-3-2-9(12)6-14-10/h2-3,6,8,16H,4-5,7H2,1H3,(H2,13,15,17). The second kappa shape index (κ2) is 7.09. The van der Waals surface area contributed by atoms with Crippen molar-refractivity contribution < 1.29 is 9.90 Å². The van der Waals surface area contributed by atoms with Crippen LogP contribution < -0.4 is 10.6 Å². The van der Waals surface area contributed by atoms with Crippen LogP contribution in [0.4, 0.5) is 4.79 Å². The third-order valence-electron chi connectivity index (χ3n) is 2.07. The molecule has 0 saturated carbocycles. The minimum atomic E-state index is -0.409. The summed E-state index contributed by atoms with van der Waals surface area (Å²) in [6.07, 6.45) is 1.66. The summed E-state index contributed by atoms with van der Waals surface area (Å²) in [5.41, 5.74) is 0.736. The van der Waals surface area contributed by atoms with E-state index in [4.69, 9.17) is 16.7 Å². The van der Waals surface area contributed by atoms with Gasteiger partial charge >= 0.3 is 6.03 Å². The summed E-state index contributed by atoms with van der Waals surface area (Å²) in [6, 6.07) is 3.19. The van der Waals surface area contributed by atoms with Gasteiger partial charge in [-0.3, -0.25) is 4.98 Å². The Hall–Kier alpha value is -1.33. The molecule has 0 aliphatic heterocycles. The molecule has 0 aliphatic rings. The van der Waals surface area contributed by atoms with E-state index in [1.807, 2.05) is 0 Å². The lowest BCUT2D eigenvalue weighted by molar-refractivity contribution is 0.183. The molecular weight excluding hydrogens is 242 g/mol. The molecule has 0 radical (unpaired) electrons. The molecule has 0 fully saturated rings. The molecule has 17 heavy (non-hydrogen) atoms. The quantitative estimate of drug-likeness (QED) is 0.745. The second-order valence-corrected chi connectivity index (χ2v) is 4.15. The molecular formula is C11H16ClN3O2. The first-order valence-corrected chi connectivity index (χ1v) is 5.76. The largest absolute Gasteiger partial charge is 0.393 e. The lowest BCUT2D eigenvalue weighted by Gasteiger charge is -2.08. The molecule has 0 spiro atoms. The molecule has 0 bridgehead atoms. The summed E-state index contributed by atoms with van der Waals surface area (Å²) in [5, 5.41) is 14.9. The summed E-state index contributed by atoms with van der Waals surface area (Å²) < 4.78 is 0. The van der Waals surface area contributed by atoms with Crippen molar-refractivity contribution in [2.24, 2.45) is 0 Å². The summed E-state index contributed by atoms with van der Waals surface area (Å²) in [6.45, 7) is 2.46. The maximum Gasteiger partial charge on any atom is 0.315 e. The number of halogens is 1. The van der Waals surface area contributed by atoms with Crippen LogP contribution in [0.25, 0.3) is 0 Å². The van der Waals surface area contributed by atoms with Gasteiger partial charge in [-0.2, -0.15) is 0 Å². The fourth-order valence-electron chi connectivity index (χ4n) is 1.14. The fraction of sp³-hybridized carbons (Fsp3) is 0.455. The minimum absolute atomic E-state index is 0.276. The van der Waals surface area contributed by atoms with Crippen molar-refractivity contribution in [3.63, 3.8) is 0 Å². The number of carbonyl (C=O) groups is 1. The highest BCUT2D eigenvalue weighted by Gasteiger charge is 2.01. The van der Waals surface area contributed by atoms with Gasteiger partial charge in [-0.25, -0.2) is 4.79 Å². The van der Waals surface area contributed by atoms with Gasteiger partial charge in [0.2, 0.25) is 0 Å². The van der Waals surface area contributed by atoms with Crippen LogP contribution in [0.3, 0.4) is 0 Å². The van der Waals surface area contributed by atoms with Crippen molar-refractivity contribution in [1.82, 2.24) is 15.6 Å². The lowest BCUT2D eigenvalue weighted by Crippen LogP contribution is -2.36. The number of nitrogens with one attached hydrogen (secondary N) is 2. The van der Waals surface area contributed by atoms with E-state index in [0.29, 0.717) is 24.5 Å². The van der Waals surface area contributed by atoms with E-state index in [1.165, 1.54) is 6.20 Å². The summed E-state index contributed by atoms with van der Waals surface area (Å²) >= 11 is 5.69. The molecule has 3 N–H and O–H groups in total. The molecule has 1 aromatic heterocycles. The first-order chi connectivity index (χ1) is 8.08. The van der Waals surface area contributed by atoms with Crippen LogP contribution in [-0.4, -0.2) is 28.8 Å². The number of aliphatic hydroxyl groups excluding tert-OH is 1. The maximum absolute atomic E-state index is 11.3. The average Bonchev–Trinajstić information content (AvgIpc) is 2.28. The molecule has 0 aliphatic carbocycles. The van der Waals surface area contributed by atoms with Crippen LogP contribution in [0.15, 0.2) is 18.3 Å². The molecule has 0 aromatic carbocycles. The van der Waals surface area contributed by atoms with Crippen molar-refractivity contribution in [1.29, 1.82) is 0 Å². The third-order valence-corrected chi connectivity index (χ3v) is 2.29. The van der Waals surface area contributed by atoms with Gasteiger partial charge in [0.25, 0.3) is 0 Å². The average molecular weight is 258 g/mol. The fourth-order valence-corrected chi connectivity index (χ4v) is 1.25. The van der Waals surface area contributed by atoms with Gasteiger partial charge in [-0.05, 0) is 25.5 Å². The van der Waals surface area contributed by atoms with E-state index in [9.17, 15) is 4.79 Å². The van der Waals surface area contributed by atoms with Gasteiger partial charge in [-0.15, -0.1) is 0 Å². The van der Waals surface area contributed by atoms with Crippen LogP contribution in [0.2, 0.25) is 5.02 Å². The van der Waals surface area contributed by atoms with Gasteiger partial charge in [0.1, 0.15) is 0 Å². The molecule has 0 saturated heterocycles. The Kier molecular flexibility index (Phi) is 5.72. The molecule has 1 aromatic rings. The normalized spacial score (nSPS) is 11.9. The van der Waals surface area contributed by atoms with Crippen molar-refractivity contribution in [3.8, 4) is 0 Å². The maximum atomic E-state index is 11.3. The smallest absolute Gasteiger partial charge is 0.315 e. The highest BCUT2D eigenvalue weighted by Crippen LogP contribution is 2.05. The van der Waals surface area contributed by atoms with Gasteiger partial charge in [0.15, 0.2) is 0 Å². The van der Waals surface area contributed by atoms with Crippen LogP contribution in [0.1, 0.15) is 19.0 Å².